The summed E-state index contributed by atoms with van der Waals surface area (Å²) in [5, 5.41) is 12.6. The second-order valence-corrected chi connectivity index (χ2v) is 11.1. The summed E-state index contributed by atoms with van der Waals surface area (Å²) in [4.78, 5) is 39.2. The molecular formula is C22H31ClN2O5S2. The zero-order valence-electron chi connectivity index (χ0n) is 18.3. The largest absolute Gasteiger partial charge is 0.480 e. The molecule has 3 atom stereocenters. The highest BCUT2D eigenvalue weighted by Gasteiger charge is 2.52. The van der Waals surface area contributed by atoms with E-state index < -0.39 is 24.1 Å². The number of benzene rings is 1. The van der Waals surface area contributed by atoms with E-state index in [9.17, 15) is 19.5 Å². The molecule has 2 heterocycles. The van der Waals surface area contributed by atoms with Crippen LogP contribution in [0.2, 0.25) is 0 Å². The summed E-state index contributed by atoms with van der Waals surface area (Å²) < 4.78 is 5.06. The molecule has 0 unspecified atom stereocenters. The molecule has 0 radical (unpaired) electrons. The number of carboxylic acids is 1. The molecule has 2 aliphatic rings. The molecule has 7 nitrogen and oxygen atoms in total. The topological polar surface area (TPSA) is 95.9 Å². The van der Waals surface area contributed by atoms with Crippen LogP contribution in [-0.2, 0) is 25.5 Å². The molecule has 32 heavy (non-hydrogen) atoms. The Hall–Kier alpha value is -1.42. The molecule has 1 spiro atoms. The van der Waals surface area contributed by atoms with Crippen molar-refractivity contribution in [2.45, 2.75) is 55.3 Å². The number of aryl methyl sites for hydroxylation is 1. The Bertz CT molecular complexity index is 792. The Kier molecular flexibility index (Phi) is 10.2. The number of amides is 1. The normalized spacial score (nSPS) is 21.1. The van der Waals surface area contributed by atoms with Crippen LogP contribution in [0.25, 0.3) is 0 Å². The second-order valence-electron chi connectivity index (χ2n) is 7.85. The van der Waals surface area contributed by atoms with Crippen molar-refractivity contribution >= 4 is 53.8 Å². The quantitative estimate of drug-likeness (QED) is 0.498. The Balaban J connectivity index is 0.00000363. The molecule has 10 heteroatoms. The fourth-order valence-electron chi connectivity index (χ4n) is 4.08. The lowest BCUT2D eigenvalue weighted by Gasteiger charge is -2.28. The highest BCUT2D eigenvalue weighted by Crippen LogP contribution is 2.52. The van der Waals surface area contributed by atoms with E-state index in [1.807, 2.05) is 30.3 Å². The molecule has 0 aliphatic carbocycles. The van der Waals surface area contributed by atoms with E-state index in [1.54, 1.807) is 42.3 Å². The van der Waals surface area contributed by atoms with Crippen LogP contribution in [0.1, 0.15) is 32.3 Å². The van der Waals surface area contributed by atoms with Crippen molar-refractivity contribution in [1.29, 1.82) is 0 Å². The number of hydrogen-bond acceptors (Lipinski definition) is 7. The average molecular weight is 503 g/mol. The lowest BCUT2D eigenvalue weighted by molar-refractivity contribution is -0.153. The maximum absolute atomic E-state index is 13.3. The van der Waals surface area contributed by atoms with Gasteiger partial charge in [0.05, 0.1) is 16.7 Å². The maximum Gasteiger partial charge on any atom is 0.328 e. The van der Waals surface area contributed by atoms with Crippen LogP contribution in [0.3, 0.4) is 0 Å². The maximum atomic E-state index is 13.3. The Labute approximate surface area is 203 Å². The van der Waals surface area contributed by atoms with Crippen LogP contribution in [0.15, 0.2) is 30.3 Å². The van der Waals surface area contributed by atoms with Crippen LogP contribution in [0.5, 0.6) is 0 Å². The van der Waals surface area contributed by atoms with Gasteiger partial charge in [0.2, 0.25) is 5.91 Å². The number of nitrogens with zero attached hydrogens (tertiary/aromatic N) is 1. The van der Waals surface area contributed by atoms with Crippen molar-refractivity contribution in [3.8, 4) is 0 Å². The van der Waals surface area contributed by atoms with Gasteiger partial charge in [-0.2, -0.15) is 0 Å². The lowest BCUT2D eigenvalue weighted by Crippen LogP contribution is -2.53. The van der Waals surface area contributed by atoms with Gasteiger partial charge in [-0.25, -0.2) is 4.79 Å². The molecule has 178 valence electrons. The first-order chi connectivity index (χ1) is 14.8. The van der Waals surface area contributed by atoms with E-state index in [2.05, 4.69) is 5.32 Å². The van der Waals surface area contributed by atoms with E-state index in [-0.39, 0.29) is 35.0 Å². The number of aliphatic carboxylic acids is 1. The molecule has 1 aromatic rings. The lowest BCUT2D eigenvalue weighted by atomic mass is 10.0. The third-order valence-electron chi connectivity index (χ3n) is 5.63. The second kappa shape index (κ2) is 12.2. The minimum Gasteiger partial charge on any atom is -0.480 e. The van der Waals surface area contributed by atoms with Gasteiger partial charge in [-0.05, 0) is 32.3 Å². The van der Waals surface area contributed by atoms with E-state index in [0.717, 1.165) is 17.1 Å². The third kappa shape index (κ3) is 6.56. The average Bonchev–Trinajstić information content (AvgIpc) is 3.38. The van der Waals surface area contributed by atoms with Gasteiger partial charge in [0, 0.05) is 24.5 Å². The Morgan fingerprint density at radius 1 is 1.25 bits per heavy atom. The minimum atomic E-state index is -0.989. The summed E-state index contributed by atoms with van der Waals surface area (Å²) in [7, 11) is 0. The number of likely N-dealkylation sites (tertiary alicyclic amines) is 1. The highest BCUT2D eigenvalue weighted by atomic mass is 35.5. The summed E-state index contributed by atoms with van der Waals surface area (Å²) in [6.07, 6.45) is 1.53. The van der Waals surface area contributed by atoms with Gasteiger partial charge in [-0.15, -0.1) is 35.9 Å². The smallest absolute Gasteiger partial charge is 0.328 e. The molecule has 1 amide bonds. The van der Waals surface area contributed by atoms with Gasteiger partial charge in [-0.3, -0.25) is 14.9 Å². The van der Waals surface area contributed by atoms with Crippen molar-refractivity contribution in [2.24, 2.45) is 0 Å². The molecule has 2 aliphatic heterocycles. The predicted molar refractivity (Wildman–Crippen MR) is 130 cm³/mol. The van der Waals surface area contributed by atoms with Crippen molar-refractivity contribution in [3.63, 3.8) is 0 Å². The first kappa shape index (κ1) is 26.8. The van der Waals surface area contributed by atoms with E-state index >= 15 is 0 Å². The van der Waals surface area contributed by atoms with Gasteiger partial charge in [0.15, 0.2) is 0 Å². The molecule has 2 saturated heterocycles. The standard InChI is InChI=1S/C22H30N2O5S2.ClH/c1-3-29-21(28)18-13-22(30-11-12-31-22)14-24(18)19(25)15(2)23-17(20(26)27)10-9-16-7-5-4-6-8-16;/h4-8,15,17-18,23H,3,9-14H2,1-2H3,(H,26,27);1H/t15-,17-,18-;/m0./s1. The van der Waals surface area contributed by atoms with E-state index in [0.29, 0.717) is 25.8 Å². The summed E-state index contributed by atoms with van der Waals surface area (Å²) in [5.74, 6) is 0.367. The SMILES string of the molecule is CCOC(=O)[C@@H]1CC2(CN1C(=O)[C@H](C)N[C@@H](CCc1ccccc1)C(=O)O)SCCS2.Cl. The number of thioether (sulfide) groups is 2. The van der Waals surface area contributed by atoms with Crippen LogP contribution in [0, 0.1) is 0 Å². The zero-order valence-corrected chi connectivity index (χ0v) is 20.8. The number of hydrogen-bond donors (Lipinski definition) is 2. The van der Waals surface area contributed by atoms with Crippen LogP contribution in [-0.4, -0.2) is 74.7 Å². The first-order valence-corrected chi connectivity index (χ1v) is 12.6. The summed E-state index contributed by atoms with van der Waals surface area (Å²) in [6.45, 7) is 4.16. The molecule has 3 rings (SSSR count). The number of carbonyl (C=O) groups is 3. The van der Waals surface area contributed by atoms with E-state index in [1.165, 1.54) is 0 Å². The third-order valence-corrected chi connectivity index (χ3v) is 9.06. The van der Waals surface area contributed by atoms with Crippen LogP contribution < -0.4 is 5.32 Å². The Morgan fingerprint density at radius 2 is 1.91 bits per heavy atom. The number of carboxylic acid groups (broad SMARTS) is 1. The first-order valence-electron chi connectivity index (χ1n) is 10.6. The van der Waals surface area contributed by atoms with Crippen molar-refractivity contribution in [3.05, 3.63) is 35.9 Å². The van der Waals surface area contributed by atoms with Crippen molar-refractivity contribution in [2.75, 3.05) is 24.7 Å². The van der Waals surface area contributed by atoms with Crippen LogP contribution >= 0.6 is 35.9 Å². The Morgan fingerprint density at radius 3 is 2.50 bits per heavy atom. The molecular weight excluding hydrogens is 472 g/mol. The van der Waals surface area contributed by atoms with Crippen molar-refractivity contribution < 1.29 is 24.2 Å². The number of nitrogens with one attached hydrogen (secondary N) is 1. The van der Waals surface area contributed by atoms with Gasteiger partial charge in [0.1, 0.15) is 12.1 Å². The number of carbonyl (C=O) groups excluding carboxylic acids is 2. The summed E-state index contributed by atoms with van der Waals surface area (Å²) in [5.41, 5.74) is 1.05. The number of rotatable bonds is 9. The number of esters is 1. The summed E-state index contributed by atoms with van der Waals surface area (Å²) >= 11 is 3.59. The molecule has 1 aromatic carbocycles. The number of halogens is 1. The molecule has 0 aromatic heterocycles. The van der Waals surface area contributed by atoms with Crippen LogP contribution in [0.4, 0.5) is 0 Å². The van der Waals surface area contributed by atoms with Gasteiger partial charge in [-0.1, -0.05) is 30.3 Å². The highest BCUT2D eigenvalue weighted by molar-refractivity contribution is 8.21. The molecule has 2 N–H and O–H groups in total. The van der Waals surface area contributed by atoms with Crippen molar-refractivity contribution in [1.82, 2.24) is 10.2 Å². The molecule has 0 saturated carbocycles. The molecule has 2 fully saturated rings. The van der Waals surface area contributed by atoms with Gasteiger partial charge < -0.3 is 14.7 Å². The minimum absolute atomic E-state index is 0. The predicted octanol–water partition coefficient (Wildman–Crippen LogP) is 2.81. The monoisotopic (exact) mass is 502 g/mol. The summed E-state index contributed by atoms with van der Waals surface area (Å²) in [6, 6.07) is 7.47. The number of ether oxygens (including phenoxy) is 1. The molecule has 0 bridgehead atoms. The fourth-order valence-corrected chi connectivity index (χ4v) is 7.34. The van der Waals surface area contributed by atoms with Gasteiger partial charge >= 0.3 is 11.9 Å². The van der Waals surface area contributed by atoms with Gasteiger partial charge in [0.25, 0.3) is 0 Å². The van der Waals surface area contributed by atoms with E-state index in [4.69, 9.17) is 4.74 Å². The zero-order chi connectivity index (χ0) is 22.4. The fraction of sp³-hybridized carbons (Fsp3) is 0.591.